The standard InChI is InChI=1S/C21H22ClN5O2/c1-2-27-12-15-9-14(3-4-18(15)25-27)16-10-23-11-17(22)19(16)26-7-5-21(6-8-26)13-24-20(28)29-21/h3-4,9-12H,2,5-8,13H2,1H3,(H,24,28). The quantitative estimate of drug-likeness (QED) is 0.708. The second-order valence-electron chi connectivity index (χ2n) is 7.69. The molecular weight excluding hydrogens is 390 g/mol. The zero-order chi connectivity index (χ0) is 20.0. The topological polar surface area (TPSA) is 72.3 Å². The fraction of sp³-hybridized carbons (Fsp3) is 0.381. The van der Waals surface area contributed by atoms with Gasteiger partial charge in [0, 0.05) is 62.0 Å². The second kappa shape index (κ2) is 6.91. The van der Waals surface area contributed by atoms with Crippen molar-refractivity contribution in [3.8, 4) is 11.1 Å². The average molecular weight is 412 g/mol. The number of ether oxygens (including phenoxy) is 1. The normalized spacial score (nSPS) is 18.3. The van der Waals surface area contributed by atoms with Gasteiger partial charge in [-0.2, -0.15) is 5.10 Å². The lowest BCUT2D eigenvalue weighted by Crippen LogP contribution is -2.46. The predicted octanol–water partition coefficient (Wildman–Crippen LogP) is 3.85. The summed E-state index contributed by atoms with van der Waals surface area (Å²) >= 11 is 6.61. The molecule has 3 aromatic rings. The number of hydrogen-bond donors (Lipinski definition) is 1. The first-order chi connectivity index (χ1) is 14.1. The van der Waals surface area contributed by atoms with Crippen molar-refractivity contribution in [2.24, 2.45) is 0 Å². The molecule has 8 heteroatoms. The van der Waals surface area contributed by atoms with Crippen LogP contribution in [-0.2, 0) is 11.3 Å². The minimum absolute atomic E-state index is 0.318. The van der Waals surface area contributed by atoms with E-state index < -0.39 is 0 Å². The summed E-state index contributed by atoms with van der Waals surface area (Å²) in [6.45, 7) is 5.02. The molecule has 4 heterocycles. The predicted molar refractivity (Wildman–Crippen MR) is 112 cm³/mol. The third kappa shape index (κ3) is 3.19. The smallest absolute Gasteiger partial charge is 0.407 e. The van der Waals surface area contributed by atoms with Crippen LogP contribution in [0.3, 0.4) is 0 Å². The highest BCUT2D eigenvalue weighted by atomic mass is 35.5. The number of hydrogen-bond acceptors (Lipinski definition) is 5. The van der Waals surface area contributed by atoms with Crippen LogP contribution in [0.5, 0.6) is 0 Å². The Morgan fingerprint density at radius 1 is 1.28 bits per heavy atom. The summed E-state index contributed by atoms with van der Waals surface area (Å²) in [5.74, 6) is 0. The molecule has 2 aliphatic heterocycles. The SMILES string of the molecule is CCn1cc2cc(-c3cncc(Cl)c3N3CCC4(CC3)CNC(=O)O4)ccc2n1. The van der Waals surface area contributed by atoms with Gasteiger partial charge in [-0.15, -0.1) is 0 Å². The number of amides is 1. The molecule has 1 amide bonds. The summed E-state index contributed by atoms with van der Waals surface area (Å²) in [7, 11) is 0. The van der Waals surface area contributed by atoms with Crippen molar-refractivity contribution < 1.29 is 9.53 Å². The van der Waals surface area contributed by atoms with Gasteiger partial charge < -0.3 is 15.0 Å². The summed E-state index contributed by atoms with van der Waals surface area (Å²) in [6, 6.07) is 6.25. The second-order valence-corrected chi connectivity index (χ2v) is 8.10. The number of aromatic nitrogens is 3. The van der Waals surface area contributed by atoms with E-state index in [-0.39, 0.29) is 11.7 Å². The number of halogens is 1. The molecule has 2 aromatic heterocycles. The van der Waals surface area contributed by atoms with Gasteiger partial charge in [0.15, 0.2) is 0 Å². The van der Waals surface area contributed by atoms with Crippen molar-refractivity contribution in [3.63, 3.8) is 0 Å². The van der Waals surface area contributed by atoms with Gasteiger partial charge in [-0.1, -0.05) is 17.7 Å². The van der Waals surface area contributed by atoms with Crippen molar-refractivity contribution in [1.29, 1.82) is 0 Å². The van der Waals surface area contributed by atoms with Gasteiger partial charge >= 0.3 is 6.09 Å². The molecule has 0 unspecified atom stereocenters. The van der Waals surface area contributed by atoms with E-state index in [1.54, 1.807) is 6.20 Å². The highest BCUT2D eigenvalue weighted by Gasteiger charge is 2.43. The fourth-order valence-electron chi connectivity index (χ4n) is 4.29. The van der Waals surface area contributed by atoms with Crippen LogP contribution in [0.1, 0.15) is 19.8 Å². The monoisotopic (exact) mass is 411 g/mol. The molecule has 0 aliphatic carbocycles. The van der Waals surface area contributed by atoms with Crippen LogP contribution in [-0.4, -0.2) is 46.1 Å². The number of rotatable bonds is 3. The minimum atomic E-state index is -0.388. The van der Waals surface area contributed by atoms with E-state index in [0.717, 1.165) is 60.2 Å². The Hall–Kier alpha value is -2.80. The van der Waals surface area contributed by atoms with Gasteiger partial charge in [0.25, 0.3) is 0 Å². The van der Waals surface area contributed by atoms with Crippen LogP contribution in [0.25, 0.3) is 22.0 Å². The molecule has 1 spiro atoms. The number of nitrogens with one attached hydrogen (secondary N) is 1. The molecule has 2 saturated heterocycles. The molecule has 150 valence electrons. The van der Waals surface area contributed by atoms with Crippen molar-refractivity contribution in [3.05, 3.63) is 41.8 Å². The van der Waals surface area contributed by atoms with Crippen LogP contribution in [0.15, 0.2) is 36.8 Å². The molecule has 1 aromatic carbocycles. The zero-order valence-corrected chi connectivity index (χ0v) is 16.9. The van der Waals surface area contributed by atoms with E-state index in [1.165, 1.54) is 0 Å². The molecule has 0 saturated carbocycles. The summed E-state index contributed by atoms with van der Waals surface area (Å²) < 4.78 is 7.49. The number of alkyl carbamates (subject to hydrolysis) is 1. The van der Waals surface area contributed by atoms with Crippen LogP contribution in [0, 0.1) is 0 Å². The first-order valence-electron chi connectivity index (χ1n) is 9.90. The molecule has 1 N–H and O–H groups in total. The highest BCUT2D eigenvalue weighted by Crippen LogP contribution is 2.40. The number of pyridine rings is 1. The average Bonchev–Trinajstić information content (AvgIpc) is 3.31. The van der Waals surface area contributed by atoms with Crippen LogP contribution in [0.2, 0.25) is 5.02 Å². The molecule has 7 nitrogen and oxygen atoms in total. The van der Waals surface area contributed by atoms with E-state index >= 15 is 0 Å². The van der Waals surface area contributed by atoms with E-state index in [2.05, 4.69) is 45.6 Å². The number of anilines is 1. The Labute approximate surface area is 173 Å². The molecule has 2 fully saturated rings. The van der Waals surface area contributed by atoms with Crippen molar-refractivity contribution in [1.82, 2.24) is 20.1 Å². The Bertz CT molecular complexity index is 1090. The largest absolute Gasteiger partial charge is 0.441 e. The van der Waals surface area contributed by atoms with Crippen molar-refractivity contribution in [2.45, 2.75) is 31.9 Å². The molecule has 0 atom stereocenters. The number of nitrogens with zero attached hydrogens (tertiary/aromatic N) is 4. The van der Waals surface area contributed by atoms with Gasteiger partial charge in [-0.25, -0.2) is 4.79 Å². The molecule has 29 heavy (non-hydrogen) atoms. The summed E-state index contributed by atoms with van der Waals surface area (Å²) in [4.78, 5) is 18.1. The van der Waals surface area contributed by atoms with E-state index in [4.69, 9.17) is 16.3 Å². The van der Waals surface area contributed by atoms with Gasteiger partial charge in [-0.3, -0.25) is 9.67 Å². The third-order valence-electron chi connectivity index (χ3n) is 5.91. The number of benzene rings is 1. The first kappa shape index (κ1) is 18.2. The maximum atomic E-state index is 11.5. The molecule has 0 bridgehead atoms. The number of piperidine rings is 1. The Morgan fingerprint density at radius 2 is 2.10 bits per heavy atom. The molecule has 2 aliphatic rings. The summed E-state index contributed by atoms with van der Waals surface area (Å²) in [5.41, 5.74) is 3.63. The van der Waals surface area contributed by atoms with Gasteiger partial charge in [-0.05, 0) is 24.6 Å². The van der Waals surface area contributed by atoms with Crippen LogP contribution in [0.4, 0.5) is 10.5 Å². The highest BCUT2D eigenvalue weighted by molar-refractivity contribution is 6.33. The van der Waals surface area contributed by atoms with Gasteiger partial charge in [0.2, 0.25) is 0 Å². The Balaban J connectivity index is 1.48. The number of carbonyl (C=O) groups excluding carboxylic acids is 1. The maximum Gasteiger partial charge on any atom is 0.407 e. The van der Waals surface area contributed by atoms with Gasteiger partial charge in [0.05, 0.1) is 22.8 Å². The van der Waals surface area contributed by atoms with Crippen LogP contribution >= 0.6 is 11.6 Å². The minimum Gasteiger partial charge on any atom is -0.441 e. The Kier molecular flexibility index (Phi) is 4.35. The van der Waals surface area contributed by atoms with Gasteiger partial charge in [0.1, 0.15) is 5.60 Å². The third-order valence-corrected chi connectivity index (χ3v) is 6.19. The van der Waals surface area contributed by atoms with Crippen molar-refractivity contribution >= 4 is 34.3 Å². The van der Waals surface area contributed by atoms with Crippen molar-refractivity contribution in [2.75, 3.05) is 24.5 Å². The zero-order valence-electron chi connectivity index (χ0n) is 16.2. The fourth-order valence-corrected chi connectivity index (χ4v) is 4.56. The number of fused-ring (bicyclic) bond motifs is 1. The Morgan fingerprint density at radius 3 is 2.83 bits per heavy atom. The molecule has 0 radical (unpaired) electrons. The lowest BCUT2D eigenvalue weighted by molar-refractivity contribution is 0.0367. The summed E-state index contributed by atoms with van der Waals surface area (Å²) in [5, 5.41) is 9.07. The van der Waals surface area contributed by atoms with E-state index in [0.29, 0.717) is 11.6 Å². The lowest BCUT2D eigenvalue weighted by atomic mass is 9.91. The molecule has 5 rings (SSSR count). The number of carbonyl (C=O) groups is 1. The number of aryl methyl sites for hydroxylation is 1. The van der Waals surface area contributed by atoms with E-state index in [1.807, 2.05) is 16.9 Å². The van der Waals surface area contributed by atoms with E-state index in [9.17, 15) is 4.79 Å². The first-order valence-corrected chi connectivity index (χ1v) is 10.3. The summed E-state index contributed by atoms with van der Waals surface area (Å²) in [6.07, 6.45) is 6.84. The lowest BCUT2D eigenvalue weighted by Gasteiger charge is -2.39. The van der Waals surface area contributed by atoms with Crippen LogP contribution < -0.4 is 10.2 Å². The maximum absolute atomic E-state index is 11.5. The molecular formula is C21H22ClN5O2.